The number of hydrogen-bond donors (Lipinski definition) is 1. The Labute approximate surface area is 172 Å². The molecule has 3 rings (SSSR count). The number of thiophene rings is 1. The Hall–Kier alpha value is -2.64. The molecule has 0 bridgehead atoms. The number of hydrogen-bond acceptors (Lipinski definition) is 6. The zero-order valence-corrected chi connectivity index (χ0v) is 17.2. The Balaban J connectivity index is 1.60. The second-order valence-electron chi connectivity index (χ2n) is 6.14. The van der Waals surface area contributed by atoms with Gasteiger partial charge in [-0.05, 0) is 60.7 Å². The van der Waals surface area contributed by atoms with E-state index in [4.69, 9.17) is 4.74 Å². The van der Waals surface area contributed by atoms with Crippen molar-refractivity contribution in [1.29, 1.82) is 0 Å². The van der Waals surface area contributed by atoms with Crippen LogP contribution in [0.15, 0.2) is 64.0 Å². The molecular formula is C21H20N2O3S2. The van der Waals surface area contributed by atoms with Crippen molar-refractivity contribution in [1.82, 2.24) is 10.3 Å². The normalized spacial score (nSPS) is 10.5. The van der Waals surface area contributed by atoms with Crippen LogP contribution in [0, 0.1) is 13.8 Å². The van der Waals surface area contributed by atoms with Crippen molar-refractivity contribution in [3.8, 4) is 0 Å². The first-order chi connectivity index (χ1) is 13.5. The summed E-state index contributed by atoms with van der Waals surface area (Å²) in [5.41, 5.74) is 2.72. The molecule has 0 fully saturated rings. The maximum Gasteiger partial charge on any atom is 0.341 e. The SMILES string of the molecule is Cc1ccc(Sc2ncccc2C(=O)OCC(=O)NCc2cccs2)cc1C. The maximum atomic E-state index is 12.5. The molecule has 0 atom stereocenters. The van der Waals surface area contributed by atoms with Crippen LogP contribution in [-0.4, -0.2) is 23.5 Å². The van der Waals surface area contributed by atoms with Gasteiger partial charge in [-0.15, -0.1) is 11.3 Å². The molecule has 144 valence electrons. The van der Waals surface area contributed by atoms with Crippen molar-refractivity contribution in [2.24, 2.45) is 0 Å². The van der Waals surface area contributed by atoms with E-state index in [1.54, 1.807) is 29.7 Å². The second kappa shape index (κ2) is 9.52. The van der Waals surface area contributed by atoms with Crippen LogP contribution in [0.5, 0.6) is 0 Å². The summed E-state index contributed by atoms with van der Waals surface area (Å²) in [6, 6.07) is 13.3. The lowest BCUT2D eigenvalue weighted by Crippen LogP contribution is -2.28. The van der Waals surface area contributed by atoms with Gasteiger partial charge in [0.25, 0.3) is 5.91 Å². The van der Waals surface area contributed by atoms with Crippen molar-refractivity contribution in [2.75, 3.05) is 6.61 Å². The summed E-state index contributed by atoms with van der Waals surface area (Å²) in [7, 11) is 0. The third-order valence-corrected chi connectivity index (χ3v) is 5.94. The quantitative estimate of drug-likeness (QED) is 0.583. The summed E-state index contributed by atoms with van der Waals surface area (Å²) in [5.74, 6) is -0.903. The van der Waals surface area contributed by atoms with Gasteiger partial charge in [0, 0.05) is 16.0 Å². The monoisotopic (exact) mass is 412 g/mol. The van der Waals surface area contributed by atoms with Gasteiger partial charge >= 0.3 is 5.97 Å². The minimum absolute atomic E-state index is 0.327. The largest absolute Gasteiger partial charge is 0.452 e. The van der Waals surface area contributed by atoms with Crippen LogP contribution in [0.2, 0.25) is 0 Å². The minimum Gasteiger partial charge on any atom is -0.452 e. The van der Waals surface area contributed by atoms with Gasteiger partial charge < -0.3 is 10.1 Å². The average Bonchev–Trinajstić information content (AvgIpc) is 3.21. The van der Waals surface area contributed by atoms with E-state index in [1.807, 2.05) is 36.6 Å². The summed E-state index contributed by atoms with van der Waals surface area (Å²) in [6.07, 6.45) is 1.63. The minimum atomic E-state index is -0.564. The number of esters is 1. The molecule has 2 heterocycles. The van der Waals surface area contributed by atoms with Gasteiger partial charge in [0.2, 0.25) is 0 Å². The third kappa shape index (κ3) is 5.43. The van der Waals surface area contributed by atoms with Gasteiger partial charge in [0.15, 0.2) is 6.61 Å². The highest BCUT2D eigenvalue weighted by atomic mass is 32.2. The molecular weight excluding hydrogens is 392 g/mol. The topological polar surface area (TPSA) is 68.3 Å². The van der Waals surface area contributed by atoms with Crippen LogP contribution >= 0.6 is 23.1 Å². The third-order valence-electron chi connectivity index (χ3n) is 4.06. The predicted molar refractivity (Wildman–Crippen MR) is 111 cm³/mol. The molecule has 1 amide bonds. The lowest BCUT2D eigenvalue weighted by atomic mass is 10.1. The van der Waals surface area contributed by atoms with Crippen LogP contribution in [0.3, 0.4) is 0 Å². The highest BCUT2D eigenvalue weighted by Crippen LogP contribution is 2.30. The van der Waals surface area contributed by atoms with E-state index in [1.165, 1.54) is 22.9 Å². The lowest BCUT2D eigenvalue weighted by molar-refractivity contribution is -0.124. The van der Waals surface area contributed by atoms with Gasteiger partial charge in [-0.3, -0.25) is 4.79 Å². The first-order valence-corrected chi connectivity index (χ1v) is 10.4. The van der Waals surface area contributed by atoms with E-state index in [2.05, 4.69) is 23.3 Å². The number of nitrogens with one attached hydrogen (secondary N) is 1. The molecule has 0 saturated carbocycles. The number of carbonyl (C=O) groups is 2. The fraction of sp³-hybridized carbons (Fsp3) is 0.190. The fourth-order valence-electron chi connectivity index (χ4n) is 2.38. The molecule has 0 aliphatic rings. The molecule has 1 N–H and O–H groups in total. The summed E-state index contributed by atoms with van der Waals surface area (Å²) >= 11 is 2.95. The summed E-state index contributed by atoms with van der Waals surface area (Å²) in [4.78, 5) is 30.7. The zero-order valence-electron chi connectivity index (χ0n) is 15.6. The van der Waals surface area contributed by atoms with Crippen LogP contribution in [-0.2, 0) is 16.1 Å². The van der Waals surface area contributed by atoms with Crippen molar-refractivity contribution >= 4 is 35.0 Å². The van der Waals surface area contributed by atoms with E-state index in [0.29, 0.717) is 17.1 Å². The van der Waals surface area contributed by atoms with E-state index < -0.39 is 5.97 Å². The molecule has 0 radical (unpaired) electrons. The van der Waals surface area contributed by atoms with Gasteiger partial charge in [0.05, 0.1) is 12.1 Å². The van der Waals surface area contributed by atoms with E-state index in [0.717, 1.165) is 9.77 Å². The maximum absolute atomic E-state index is 12.5. The molecule has 5 nitrogen and oxygen atoms in total. The number of benzene rings is 1. The van der Waals surface area contributed by atoms with Gasteiger partial charge in [-0.25, -0.2) is 9.78 Å². The van der Waals surface area contributed by atoms with Crippen LogP contribution in [0.1, 0.15) is 26.4 Å². The molecule has 28 heavy (non-hydrogen) atoms. The van der Waals surface area contributed by atoms with Crippen LogP contribution in [0.25, 0.3) is 0 Å². The van der Waals surface area contributed by atoms with Crippen molar-refractivity contribution in [3.05, 3.63) is 75.6 Å². The zero-order chi connectivity index (χ0) is 19.9. The van der Waals surface area contributed by atoms with Gasteiger partial charge in [-0.1, -0.05) is 23.9 Å². The number of nitrogens with zero attached hydrogens (tertiary/aromatic N) is 1. The highest BCUT2D eigenvalue weighted by Gasteiger charge is 2.16. The smallest absolute Gasteiger partial charge is 0.341 e. The molecule has 0 saturated heterocycles. The Bertz CT molecular complexity index is 972. The Morgan fingerprint density at radius 2 is 2.00 bits per heavy atom. The molecule has 0 aliphatic heterocycles. The highest BCUT2D eigenvalue weighted by molar-refractivity contribution is 7.99. The standard InChI is InChI=1S/C21H20N2O3S2/c1-14-7-8-16(11-15(14)2)28-20-18(6-3-9-22-20)21(25)26-13-19(24)23-12-17-5-4-10-27-17/h3-11H,12-13H2,1-2H3,(H,23,24). The van der Waals surface area contributed by atoms with Crippen LogP contribution < -0.4 is 5.32 Å². The number of pyridine rings is 1. The summed E-state index contributed by atoms with van der Waals surface area (Å²) in [6.45, 7) is 4.19. The van der Waals surface area contributed by atoms with Crippen molar-refractivity contribution in [3.63, 3.8) is 0 Å². The first-order valence-electron chi connectivity index (χ1n) is 8.69. The van der Waals surface area contributed by atoms with E-state index in [9.17, 15) is 9.59 Å². The number of amides is 1. The van der Waals surface area contributed by atoms with E-state index >= 15 is 0 Å². The molecule has 0 aliphatic carbocycles. The lowest BCUT2D eigenvalue weighted by Gasteiger charge is -2.09. The summed E-state index contributed by atoms with van der Waals surface area (Å²) < 4.78 is 5.18. The summed E-state index contributed by atoms with van der Waals surface area (Å²) in [5, 5.41) is 5.23. The Morgan fingerprint density at radius 1 is 1.14 bits per heavy atom. The average molecular weight is 413 g/mol. The number of aromatic nitrogens is 1. The number of aryl methyl sites for hydroxylation is 2. The first kappa shape index (κ1) is 20.1. The Kier molecular flexibility index (Phi) is 6.84. The second-order valence-corrected chi connectivity index (χ2v) is 8.23. The predicted octanol–water partition coefficient (Wildman–Crippen LogP) is 4.38. The molecule has 0 spiro atoms. The molecule has 7 heteroatoms. The molecule has 3 aromatic rings. The molecule has 0 unspecified atom stereocenters. The van der Waals surface area contributed by atoms with Gasteiger partial charge in [-0.2, -0.15) is 0 Å². The fourth-order valence-corrected chi connectivity index (χ4v) is 3.99. The molecule has 1 aromatic carbocycles. The van der Waals surface area contributed by atoms with Gasteiger partial charge in [0.1, 0.15) is 5.03 Å². The van der Waals surface area contributed by atoms with Crippen molar-refractivity contribution < 1.29 is 14.3 Å². The number of ether oxygens (including phenoxy) is 1. The Morgan fingerprint density at radius 3 is 2.75 bits per heavy atom. The van der Waals surface area contributed by atoms with Crippen molar-refractivity contribution in [2.45, 2.75) is 30.3 Å². The number of carbonyl (C=O) groups excluding carboxylic acids is 2. The van der Waals surface area contributed by atoms with E-state index in [-0.39, 0.29) is 12.5 Å². The molecule has 2 aromatic heterocycles. The van der Waals surface area contributed by atoms with Crippen LogP contribution in [0.4, 0.5) is 0 Å². The number of rotatable bonds is 7.